The van der Waals surface area contributed by atoms with Crippen molar-refractivity contribution in [3.8, 4) is 11.5 Å². The number of ether oxygens (including phenoxy) is 3. The zero-order valence-electron chi connectivity index (χ0n) is 33.9. The number of carbonyl (C=O) groups excluding carboxylic acids is 4. The van der Waals surface area contributed by atoms with Crippen LogP contribution in [0.5, 0.6) is 11.5 Å². The number of nitrogens with one attached hydrogen (secondary N) is 3. The van der Waals surface area contributed by atoms with Crippen LogP contribution in [0.25, 0.3) is 6.08 Å². The van der Waals surface area contributed by atoms with Crippen molar-refractivity contribution in [1.82, 2.24) is 5.32 Å². The van der Waals surface area contributed by atoms with Crippen LogP contribution in [0.2, 0.25) is 0 Å². The van der Waals surface area contributed by atoms with Gasteiger partial charge in [0.25, 0.3) is 11.8 Å². The Kier molecular flexibility index (Phi) is 14.0. The average molecular weight is 852 g/mol. The number of anilines is 2. The van der Waals surface area contributed by atoms with Crippen LogP contribution < -0.4 is 25.4 Å². The first kappa shape index (κ1) is 42.5. The van der Waals surface area contributed by atoms with E-state index >= 15 is 0 Å². The quantitative estimate of drug-likeness (QED) is 0.0529. The number of thiophene rings is 1. The molecule has 7 rings (SSSR count). The molecule has 0 radical (unpaired) electrons. The lowest BCUT2D eigenvalue weighted by Crippen LogP contribution is -2.30. The highest BCUT2D eigenvalue weighted by Gasteiger charge is 2.32. The highest BCUT2D eigenvalue weighted by Crippen LogP contribution is 2.44. The Morgan fingerprint density at radius 3 is 2.25 bits per heavy atom. The lowest BCUT2D eigenvalue weighted by molar-refractivity contribution is -0.116. The molecule has 5 aromatic carbocycles. The summed E-state index contributed by atoms with van der Waals surface area (Å²) in [6.45, 7) is 1.99. The van der Waals surface area contributed by atoms with Gasteiger partial charge < -0.3 is 30.2 Å². The third kappa shape index (κ3) is 10.4. The molecule has 0 saturated heterocycles. The molecule has 0 saturated carbocycles. The van der Waals surface area contributed by atoms with Gasteiger partial charge in [0.05, 0.1) is 26.4 Å². The fourth-order valence-corrected chi connectivity index (χ4v) is 9.60. The third-order valence-corrected chi connectivity index (χ3v) is 12.6. The van der Waals surface area contributed by atoms with E-state index in [1.165, 1.54) is 41.8 Å². The zero-order valence-corrected chi connectivity index (χ0v) is 35.6. The van der Waals surface area contributed by atoms with Gasteiger partial charge in [0.1, 0.15) is 27.4 Å². The number of rotatable bonds is 15. The maximum Gasteiger partial charge on any atom is 0.341 e. The normalized spacial score (nSPS) is 13.9. The average Bonchev–Trinajstić information content (AvgIpc) is 3.66. The van der Waals surface area contributed by atoms with Gasteiger partial charge in [0.2, 0.25) is 5.91 Å². The van der Waals surface area contributed by atoms with Gasteiger partial charge >= 0.3 is 5.97 Å². The Balaban J connectivity index is 1.15. The molecule has 1 aliphatic rings. The molecular weight excluding hydrogens is 807 g/mol. The third-order valence-electron chi connectivity index (χ3n) is 10.2. The number of hydrogen-bond donors (Lipinski definition) is 3. The molecule has 61 heavy (non-hydrogen) atoms. The number of esters is 1. The van der Waals surface area contributed by atoms with Crippen LogP contribution in [0.15, 0.2) is 144 Å². The summed E-state index contributed by atoms with van der Waals surface area (Å²) in [6, 6.07) is 40.7. The summed E-state index contributed by atoms with van der Waals surface area (Å²) in [4.78, 5) is 57.1. The van der Waals surface area contributed by atoms with E-state index in [-0.39, 0.29) is 18.2 Å². The fourth-order valence-electron chi connectivity index (χ4n) is 7.20. The van der Waals surface area contributed by atoms with Crippen molar-refractivity contribution in [3.05, 3.63) is 177 Å². The summed E-state index contributed by atoms with van der Waals surface area (Å²) >= 11 is 2.75. The number of hydrogen-bond acceptors (Lipinski definition) is 9. The minimum absolute atomic E-state index is 0.0250. The standard InChI is InChI=1S/C49H45N3O7S2/c1-4-59-49(56)43-39-26-24-34(31-15-8-5-9-16-31)28-42(39)61-48(43)52-47(55)44(32-17-10-6-11-18-32)60-38-22-14-21-36(29-38)50-46(54)40(51-45(53)33-19-12-7-13-20-33)27-35-23-25-37(57-2)30-41(35)58-3/h5-23,25,27,29-30,34,44H,4,24,26,28H2,1-3H3,(H,50,54)(H,51,53)(H,52,55)/b40-27+. The molecule has 0 spiro atoms. The van der Waals surface area contributed by atoms with Crippen LogP contribution in [-0.2, 0) is 27.2 Å². The summed E-state index contributed by atoms with van der Waals surface area (Å²) in [5, 5.41) is 8.58. The minimum atomic E-state index is -0.735. The second-order valence-corrected chi connectivity index (χ2v) is 16.4. The first-order valence-corrected chi connectivity index (χ1v) is 21.5. The Morgan fingerprint density at radius 1 is 0.820 bits per heavy atom. The van der Waals surface area contributed by atoms with Crippen LogP contribution in [0.3, 0.4) is 0 Å². The van der Waals surface area contributed by atoms with Crippen molar-refractivity contribution in [1.29, 1.82) is 0 Å². The maximum absolute atomic E-state index is 14.5. The Hall–Kier alpha value is -6.63. The second kappa shape index (κ2) is 20.1. The van der Waals surface area contributed by atoms with E-state index in [4.69, 9.17) is 14.2 Å². The second-order valence-electron chi connectivity index (χ2n) is 14.1. The number of thioether (sulfide) groups is 1. The Labute approximate surface area is 363 Å². The van der Waals surface area contributed by atoms with E-state index in [1.807, 2.05) is 54.6 Å². The molecule has 1 aromatic heterocycles. The van der Waals surface area contributed by atoms with Crippen molar-refractivity contribution in [2.24, 2.45) is 0 Å². The van der Waals surface area contributed by atoms with Crippen LogP contribution in [0.1, 0.15) is 72.4 Å². The van der Waals surface area contributed by atoms with Crippen molar-refractivity contribution in [2.75, 3.05) is 31.5 Å². The molecule has 2 unspecified atom stereocenters. The van der Waals surface area contributed by atoms with Gasteiger partial charge in [-0.2, -0.15) is 0 Å². The molecule has 12 heteroatoms. The van der Waals surface area contributed by atoms with E-state index in [9.17, 15) is 19.2 Å². The van der Waals surface area contributed by atoms with Gasteiger partial charge in [-0.25, -0.2) is 4.79 Å². The van der Waals surface area contributed by atoms with E-state index in [0.717, 1.165) is 28.8 Å². The molecule has 0 aliphatic heterocycles. The number of methoxy groups -OCH3 is 2. The molecule has 6 aromatic rings. The number of carbonyl (C=O) groups is 4. The molecule has 2 atom stereocenters. The topological polar surface area (TPSA) is 132 Å². The molecule has 1 heterocycles. The molecule has 3 N–H and O–H groups in total. The smallest absolute Gasteiger partial charge is 0.341 e. The summed E-state index contributed by atoms with van der Waals surface area (Å²) in [6.07, 6.45) is 3.89. The van der Waals surface area contributed by atoms with E-state index in [0.29, 0.717) is 56.1 Å². The predicted molar refractivity (Wildman–Crippen MR) is 242 cm³/mol. The van der Waals surface area contributed by atoms with Crippen molar-refractivity contribution >= 4 is 63.6 Å². The molecule has 0 bridgehead atoms. The van der Waals surface area contributed by atoms with Gasteiger partial charge in [-0.15, -0.1) is 23.1 Å². The summed E-state index contributed by atoms with van der Waals surface area (Å²) in [7, 11) is 3.05. The van der Waals surface area contributed by atoms with Crippen LogP contribution in [-0.4, -0.2) is 44.5 Å². The van der Waals surface area contributed by atoms with E-state index in [2.05, 4.69) is 28.1 Å². The van der Waals surface area contributed by atoms with Crippen LogP contribution in [0.4, 0.5) is 10.7 Å². The highest BCUT2D eigenvalue weighted by atomic mass is 32.2. The van der Waals surface area contributed by atoms with Crippen molar-refractivity contribution in [2.45, 2.75) is 42.2 Å². The van der Waals surface area contributed by atoms with Gasteiger partial charge in [-0.1, -0.05) is 84.9 Å². The summed E-state index contributed by atoms with van der Waals surface area (Å²) in [5.41, 5.74) is 4.71. The molecule has 310 valence electrons. The Bertz CT molecular complexity index is 2540. The molecule has 3 amide bonds. The number of amides is 3. The van der Waals surface area contributed by atoms with Crippen LogP contribution in [0, 0.1) is 0 Å². The lowest BCUT2D eigenvalue weighted by atomic mass is 9.83. The largest absolute Gasteiger partial charge is 0.497 e. The first-order valence-electron chi connectivity index (χ1n) is 19.8. The van der Waals surface area contributed by atoms with Gasteiger partial charge in [0.15, 0.2) is 0 Å². The SMILES string of the molecule is CCOC(=O)c1c(NC(=O)C(Sc2cccc(NC(=O)/C(=C\c3ccc(OC)cc3OC)NC(=O)c3ccccc3)c2)c2ccccc2)sc2c1CCC(c1ccccc1)C2. The molecule has 0 fully saturated rings. The van der Waals surface area contributed by atoms with Gasteiger partial charge in [-0.3, -0.25) is 14.4 Å². The van der Waals surface area contributed by atoms with E-state index < -0.39 is 23.0 Å². The molecule has 10 nitrogen and oxygen atoms in total. The Morgan fingerprint density at radius 2 is 1.54 bits per heavy atom. The fraction of sp³-hybridized carbons (Fsp3) is 0.184. The monoisotopic (exact) mass is 851 g/mol. The lowest BCUT2D eigenvalue weighted by Gasteiger charge is -2.23. The minimum Gasteiger partial charge on any atom is -0.497 e. The van der Waals surface area contributed by atoms with Crippen molar-refractivity contribution < 1.29 is 33.4 Å². The molecule has 1 aliphatic carbocycles. The first-order chi connectivity index (χ1) is 29.7. The van der Waals surface area contributed by atoms with Crippen molar-refractivity contribution in [3.63, 3.8) is 0 Å². The van der Waals surface area contributed by atoms with Crippen LogP contribution >= 0.6 is 23.1 Å². The molecular formula is C49H45N3O7S2. The summed E-state index contributed by atoms with van der Waals surface area (Å²) in [5.74, 6) is -0.486. The predicted octanol–water partition coefficient (Wildman–Crippen LogP) is 10.1. The zero-order chi connectivity index (χ0) is 42.7. The van der Waals surface area contributed by atoms with Gasteiger partial charge in [-0.05, 0) is 97.3 Å². The number of benzene rings is 5. The highest BCUT2D eigenvalue weighted by molar-refractivity contribution is 8.00. The number of fused-ring (bicyclic) bond motifs is 1. The summed E-state index contributed by atoms with van der Waals surface area (Å²) < 4.78 is 16.4. The van der Waals surface area contributed by atoms with Gasteiger partial charge in [0, 0.05) is 32.7 Å². The maximum atomic E-state index is 14.5. The van der Waals surface area contributed by atoms with E-state index in [1.54, 1.807) is 80.8 Å².